The molecule has 0 fully saturated rings. The van der Waals surface area contributed by atoms with Crippen molar-refractivity contribution < 1.29 is 0 Å². The number of halogens is 2. The molecule has 0 radical (unpaired) electrons. The maximum Gasteiger partial charge on any atom is 0.0949 e. The number of hydrogen-bond donors (Lipinski definition) is 0. The molecule has 1 aromatic heterocycles. The summed E-state index contributed by atoms with van der Waals surface area (Å²) in [6.45, 7) is 0.691. The molecule has 2 aromatic carbocycles. The average molecular weight is 329 g/mol. The Labute approximate surface area is 139 Å². The summed E-state index contributed by atoms with van der Waals surface area (Å²) in [7, 11) is 0. The predicted molar refractivity (Wildman–Crippen MR) is 93.0 cm³/mol. The van der Waals surface area contributed by atoms with Crippen molar-refractivity contribution in [2.24, 2.45) is 0 Å². The third kappa shape index (κ3) is 3.59. The Bertz CT molecular complexity index is 778. The maximum atomic E-state index is 6.38. The van der Waals surface area contributed by atoms with E-state index in [1.807, 2.05) is 41.1 Å². The molecule has 0 unspecified atom stereocenters. The van der Waals surface area contributed by atoms with Gasteiger partial charge in [0.15, 0.2) is 0 Å². The first-order chi connectivity index (χ1) is 10.7. The molecule has 1 heterocycles. The van der Waals surface area contributed by atoms with Gasteiger partial charge in [-0.2, -0.15) is 0 Å². The number of aromatic nitrogens is 2. The molecule has 0 amide bonds. The lowest BCUT2D eigenvalue weighted by Gasteiger charge is -2.11. The van der Waals surface area contributed by atoms with Crippen molar-refractivity contribution in [1.29, 1.82) is 0 Å². The molecule has 0 aliphatic rings. The number of benzene rings is 2. The van der Waals surface area contributed by atoms with Crippen LogP contribution in [0.5, 0.6) is 0 Å². The SMILES string of the molecule is Clc1ccc(/C(=C\c2ccccc2)Cn2ccnc2)c(Cl)c1. The van der Waals surface area contributed by atoms with Crippen molar-refractivity contribution in [3.8, 4) is 0 Å². The van der Waals surface area contributed by atoms with Crippen molar-refractivity contribution in [2.45, 2.75) is 6.54 Å². The first-order valence-electron chi connectivity index (χ1n) is 6.89. The lowest BCUT2D eigenvalue weighted by Crippen LogP contribution is -1.99. The van der Waals surface area contributed by atoms with Crippen LogP contribution in [0.1, 0.15) is 11.1 Å². The molecule has 0 atom stereocenters. The fourth-order valence-corrected chi connectivity index (χ4v) is 2.82. The molecule has 0 bridgehead atoms. The number of rotatable bonds is 4. The summed E-state index contributed by atoms with van der Waals surface area (Å²) in [4.78, 5) is 4.09. The zero-order chi connectivity index (χ0) is 15.4. The second kappa shape index (κ2) is 6.82. The molecule has 0 spiro atoms. The Hall–Kier alpha value is -2.03. The summed E-state index contributed by atoms with van der Waals surface area (Å²) >= 11 is 12.4. The summed E-state index contributed by atoms with van der Waals surface area (Å²) < 4.78 is 2.01. The lowest BCUT2D eigenvalue weighted by atomic mass is 10.0. The average Bonchev–Trinajstić information content (AvgIpc) is 3.01. The topological polar surface area (TPSA) is 17.8 Å². The van der Waals surface area contributed by atoms with Gasteiger partial charge in [0.25, 0.3) is 0 Å². The Morgan fingerprint density at radius 1 is 1.09 bits per heavy atom. The minimum atomic E-state index is 0.635. The minimum absolute atomic E-state index is 0.635. The van der Waals surface area contributed by atoms with Crippen LogP contribution in [-0.4, -0.2) is 9.55 Å². The number of imidazole rings is 1. The smallest absolute Gasteiger partial charge is 0.0949 e. The van der Waals surface area contributed by atoms with E-state index < -0.39 is 0 Å². The number of allylic oxidation sites excluding steroid dienone is 1. The van der Waals surface area contributed by atoms with Gasteiger partial charge in [0.05, 0.1) is 6.33 Å². The maximum absolute atomic E-state index is 6.38. The van der Waals surface area contributed by atoms with Crippen molar-refractivity contribution in [1.82, 2.24) is 9.55 Å². The van der Waals surface area contributed by atoms with Crippen LogP contribution in [0.15, 0.2) is 67.3 Å². The third-order valence-corrected chi connectivity index (χ3v) is 3.88. The zero-order valence-corrected chi connectivity index (χ0v) is 13.3. The standard InChI is InChI=1S/C18H14Cl2N2/c19-16-6-7-17(18(20)11-16)15(12-22-9-8-21-13-22)10-14-4-2-1-3-5-14/h1-11,13H,12H2/b15-10-. The highest BCUT2D eigenvalue weighted by molar-refractivity contribution is 6.35. The molecule has 3 aromatic rings. The van der Waals surface area contributed by atoms with Gasteiger partial charge in [0.1, 0.15) is 0 Å². The molecule has 0 saturated heterocycles. The second-order valence-corrected chi connectivity index (χ2v) is 5.78. The van der Waals surface area contributed by atoms with Crippen molar-refractivity contribution in [3.05, 3.63) is 88.4 Å². The van der Waals surface area contributed by atoms with Gasteiger partial charge < -0.3 is 4.57 Å². The van der Waals surface area contributed by atoms with Gasteiger partial charge in [-0.05, 0) is 34.9 Å². The highest BCUT2D eigenvalue weighted by atomic mass is 35.5. The number of hydrogen-bond acceptors (Lipinski definition) is 1. The van der Waals surface area contributed by atoms with E-state index >= 15 is 0 Å². The largest absolute Gasteiger partial charge is 0.333 e. The van der Waals surface area contributed by atoms with Gasteiger partial charge in [-0.25, -0.2) is 4.98 Å². The molecular formula is C18H14Cl2N2. The fourth-order valence-electron chi connectivity index (χ4n) is 2.29. The molecule has 4 heteroatoms. The summed E-state index contributed by atoms with van der Waals surface area (Å²) in [5.41, 5.74) is 3.21. The zero-order valence-electron chi connectivity index (χ0n) is 11.8. The van der Waals surface area contributed by atoms with Crippen LogP contribution in [-0.2, 0) is 6.54 Å². The van der Waals surface area contributed by atoms with E-state index in [2.05, 4.69) is 23.2 Å². The Morgan fingerprint density at radius 3 is 2.59 bits per heavy atom. The first kappa shape index (κ1) is 14.9. The van der Waals surface area contributed by atoms with E-state index in [1.165, 1.54) is 0 Å². The van der Waals surface area contributed by atoms with E-state index in [1.54, 1.807) is 18.6 Å². The Balaban J connectivity index is 2.04. The number of nitrogens with zero attached hydrogens (tertiary/aromatic N) is 2. The van der Waals surface area contributed by atoms with Crippen molar-refractivity contribution >= 4 is 34.9 Å². The quantitative estimate of drug-likeness (QED) is 0.584. The molecule has 0 N–H and O–H groups in total. The van der Waals surface area contributed by atoms with Crippen LogP contribution in [0.3, 0.4) is 0 Å². The third-order valence-electron chi connectivity index (χ3n) is 3.33. The van der Waals surface area contributed by atoms with Crippen LogP contribution in [0.25, 0.3) is 11.6 Å². The van der Waals surface area contributed by atoms with E-state index in [-0.39, 0.29) is 0 Å². The van der Waals surface area contributed by atoms with Gasteiger partial charge in [0.2, 0.25) is 0 Å². The van der Waals surface area contributed by atoms with Gasteiger partial charge in [0, 0.05) is 29.0 Å². The van der Waals surface area contributed by atoms with Crippen molar-refractivity contribution in [2.75, 3.05) is 0 Å². The highest BCUT2D eigenvalue weighted by Gasteiger charge is 2.08. The molecule has 0 saturated carbocycles. The van der Waals surface area contributed by atoms with Crippen LogP contribution in [0.2, 0.25) is 10.0 Å². The molecule has 3 rings (SSSR count). The van der Waals surface area contributed by atoms with E-state index in [0.29, 0.717) is 16.6 Å². The van der Waals surface area contributed by atoms with E-state index in [0.717, 1.165) is 16.7 Å². The van der Waals surface area contributed by atoms with Gasteiger partial charge >= 0.3 is 0 Å². The minimum Gasteiger partial charge on any atom is -0.333 e. The molecular weight excluding hydrogens is 315 g/mol. The summed E-state index contributed by atoms with van der Waals surface area (Å²) in [5.74, 6) is 0. The molecule has 2 nitrogen and oxygen atoms in total. The van der Waals surface area contributed by atoms with Crippen molar-refractivity contribution in [3.63, 3.8) is 0 Å². The van der Waals surface area contributed by atoms with Gasteiger partial charge in [-0.1, -0.05) is 59.6 Å². The van der Waals surface area contributed by atoms with Crippen LogP contribution in [0, 0.1) is 0 Å². The Morgan fingerprint density at radius 2 is 1.91 bits per heavy atom. The van der Waals surface area contributed by atoms with E-state index in [4.69, 9.17) is 23.2 Å². The van der Waals surface area contributed by atoms with E-state index in [9.17, 15) is 0 Å². The lowest BCUT2D eigenvalue weighted by molar-refractivity contribution is 0.836. The summed E-state index contributed by atoms with van der Waals surface area (Å²) in [5, 5.41) is 1.28. The summed E-state index contributed by atoms with van der Waals surface area (Å²) in [6, 6.07) is 15.8. The highest BCUT2D eigenvalue weighted by Crippen LogP contribution is 2.29. The molecule has 22 heavy (non-hydrogen) atoms. The Kier molecular flexibility index (Phi) is 4.62. The molecule has 110 valence electrons. The predicted octanol–water partition coefficient (Wildman–Crippen LogP) is 5.43. The second-order valence-electron chi connectivity index (χ2n) is 4.94. The van der Waals surface area contributed by atoms with Gasteiger partial charge in [-0.3, -0.25) is 0 Å². The van der Waals surface area contributed by atoms with Crippen LogP contribution >= 0.6 is 23.2 Å². The monoisotopic (exact) mass is 328 g/mol. The van der Waals surface area contributed by atoms with Crippen LogP contribution in [0.4, 0.5) is 0 Å². The summed E-state index contributed by atoms with van der Waals surface area (Å²) in [6.07, 6.45) is 7.63. The van der Waals surface area contributed by atoms with Crippen LogP contribution < -0.4 is 0 Å². The first-order valence-corrected chi connectivity index (χ1v) is 7.65. The van der Waals surface area contributed by atoms with Gasteiger partial charge in [-0.15, -0.1) is 0 Å². The molecule has 0 aliphatic carbocycles. The normalized spacial score (nSPS) is 11.6. The fraction of sp³-hybridized carbons (Fsp3) is 0.0556. The molecule has 0 aliphatic heterocycles.